The van der Waals surface area contributed by atoms with Crippen molar-refractivity contribution in [3.63, 3.8) is 0 Å². The molecule has 0 spiro atoms. The minimum atomic E-state index is -4.79. The van der Waals surface area contributed by atoms with Crippen molar-refractivity contribution < 1.29 is 13.2 Å². The molecule has 29 heavy (non-hydrogen) atoms. The third-order valence-electron chi connectivity index (χ3n) is 4.98. The van der Waals surface area contributed by atoms with Gasteiger partial charge in [0, 0.05) is 36.1 Å². The highest BCUT2D eigenvalue weighted by atomic mass is 35.5. The molecule has 11 heteroatoms. The molecule has 4 rings (SSSR count). The fraction of sp³-hybridized carbons (Fsp3) is 0.389. The molecule has 0 saturated carbocycles. The predicted octanol–water partition coefficient (Wildman–Crippen LogP) is 2.61. The number of benzene rings is 1. The summed E-state index contributed by atoms with van der Waals surface area (Å²) in [6, 6.07) is 6.85. The molecule has 2 aromatic heterocycles. The Morgan fingerprint density at radius 1 is 1.31 bits per heavy atom. The van der Waals surface area contributed by atoms with Crippen molar-refractivity contribution in [2.24, 2.45) is 5.73 Å². The normalized spacial score (nSPS) is 17.8. The largest absolute Gasteiger partial charge is 0.453 e. The number of nitrogens with two attached hydrogens (primary N) is 1. The van der Waals surface area contributed by atoms with Crippen LogP contribution in [0.15, 0.2) is 29.1 Å². The van der Waals surface area contributed by atoms with Gasteiger partial charge in [0.2, 0.25) is 0 Å². The van der Waals surface area contributed by atoms with Gasteiger partial charge in [-0.1, -0.05) is 29.8 Å². The molecule has 154 valence electrons. The first kappa shape index (κ1) is 19.7. The van der Waals surface area contributed by atoms with Crippen molar-refractivity contribution in [1.82, 2.24) is 19.8 Å². The fourth-order valence-electron chi connectivity index (χ4n) is 3.66. The van der Waals surface area contributed by atoms with Crippen molar-refractivity contribution in [2.45, 2.75) is 31.5 Å². The Balaban J connectivity index is 1.96. The molecule has 1 aliphatic heterocycles. The van der Waals surface area contributed by atoms with Crippen LogP contribution in [0.4, 0.5) is 19.0 Å². The minimum absolute atomic E-state index is 0.125. The zero-order valence-electron chi connectivity index (χ0n) is 15.2. The molecule has 1 aliphatic rings. The van der Waals surface area contributed by atoms with Crippen molar-refractivity contribution in [3.05, 3.63) is 56.6 Å². The van der Waals surface area contributed by atoms with Gasteiger partial charge < -0.3 is 10.6 Å². The van der Waals surface area contributed by atoms with Gasteiger partial charge in [0.15, 0.2) is 5.82 Å². The summed E-state index contributed by atoms with van der Waals surface area (Å²) in [6.07, 6.45) is -3.04. The number of nitrogens with one attached hydrogen (secondary N) is 1. The predicted molar refractivity (Wildman–Crippen MR) is 102 cm³/mol. The molecule has 3 aromatic rings. The lowest BCUT2D eigenvalue weighted by Crippen LogP contribution is -2.43. The van der Waals surface area contributed by atoms with E-state index in [0.29, 0.717) is 39.6 Å². The van der Waals surface area contributed by atoms with Crippen LogP contribution in [0, 0.1) is 0 Å². The number of halogens is 4. The number of nitrogens with zero attached hydrogens (tertiary/aromatic N) is 4. The fourth-order valence-corrected chi connectivity index (χ4v) is 3.87. The number of hydrogen-bond acceptors (Lipinski definition) is 5. The average Bonchev–Trinajstić information content (AvgIpc) is 3.03. The number of hydrogen-bond donors (Lipinski definition) is 2. The molecule has 1 fully saturated rings. The summed E-state index contributed by atoms with van der Waals surface area (Å²) in [7, 11) is 0. The van der Waals surface area contributed by atoms with Crippen LogP contribution in [-0.4, -0.2) is 38.9 Å². The molecule has 3 heterocycles. The second-order valence-corrected chi connectivity index (χ2v) is 7.46. The Morgan fingerprint density at radius 2 is 2.07 bits per heavy atom. The van der Waals surface area contributed by atoms with Gasteiger partial charge in [-0.2, -0.15) is 13.2 Å². The van der Waals surface area contributed by atoms with E-state index >= 15 is 0 Å². The van der Waals surface area contributed by atoms with E-state index in [2.05, 4.69) is 10.2 Å². The van der Waals surface area contributed by atoms with Crippen LogP contribution >= 0.6 is 11.6 Å². The maximum absolute atomic E-state index is 13.5. The standard InChI is InChI=1S/C18H18ClF3N6O/c19-13-6-2-1-4-10(13)8-12-14-16(29)24-25-17(18(20,21)22)28(14)26-15(12)27-7-3-5-11(23)9-27/h1-2,4,6,11H,3,5,7-9,23H2,(H,24,29)/t11-/m1/s1. The van der Waals surface area contributed by atoms with Gasteiger partial charge in [-0.05, 0) is 24.5 Å². The molecule has 1 aromatic carbocycles. The second kappa shape index (κ2) is 7.34. The van der Waals surface area contributed by atoms with Crippen LogP contribution in [-0.2, 0) is 12.6 Å². The van der Waals surface area contributed by atoms with Gasteiger partial charge in [-0.3, -0.25) is 4.79 Å². The van der Waals surface area contributed by atoms with E-state index < -0.39 is 17.6 Å². The van der Waals surface area contributed by atoms with E-state index in [1.54, 1.807) is 24.3 Å². The van der Waals surface area contributed by atoms with Gasteiger partial charge in [0.05, 0.1) is 0 Å². The molecule has 0 bridgehead atoms. The van der Waals surface area contributed by atoms with E-state index in [-0.39, 0.29) is 18.0 Å². The molecule has 7 nitrogen and oxygen atoms in total. The Bertz CT molecular complexity index is 1110. The first-order chi connectivity index (χ1) is 13.8. The zero-order chi connectivity index (χ0) is 20.8. The molecule has 0 aliphatic carbocycles. The summed E-state index contributed by atoms with van der Waals surface area (Å²) in [5, 5.41) is 9.76. The Morgan fingerprint density at radius 3 is 2.76 bits per heavy atom. The summed E-state index contributed by atoms with van der Waals surface area (Å²) in [5.41, 5.74) is 6.15. The van der Waals surface area contributed by atoms with Crippen LogP contribution < -0.4 is 16.2 Å². The Kier molecular flexibility index (Phi) is 4.99. The van der Waals surface area contributed by atoms with Gasteiger partial charge in [0.25, 0.3) is 11.4 Å². The quantitative estimate of drug-likeness (QED) is 0.671. The van der Waals surface area contributed by atoms with Gasteiger partial charge in [-0.25, -0.2) is 9.61 Å². The Hall–Kier alpha value is -2.59. The highest BCUT2D eigenvalue weighted by Gasteiger charge is 2.38. The van der Waals surface area contributed by atoms with Crippen LogP contribution in [0.25, 0.3) is 5.52 Å². The SMILES string of the molecule is N[C@@H]1CCCN(c2nn3c(C(F)(F)F)n[nH]c(=O)c3c2Cc2ccccc2Cl)C1. The number of H-pyrrole nitrogens is 1. The molecule has 3 N–H and O–H groups in total. The topological polar surface area (TPSA) is 92.3 Å². The van der Waals surface area contributed by atoms with Gasteiger partial charge in [0.1, 0.15) is 5.52 Å². The first-order valence-electron chi connectivity index (χ1n) is 9.07. The molecule has 0 amide bonds. The van der Waals surface area contributed by atoms with E-state index in [4.69, 9.17) is 17.3 Å². The van der Waals surface area contributed by atoms with Crippen LogP contribution in [0.2, 0.25) is 5.02 Å². The first-order valence-corrected chi connectivity index (χ1v) is 9.45. The molecular formula is C18H18ClF3N6O. The number of aromatic nitrogens is 4. The molecular weight excluding hydrogens is 409 g/mol. The monoisotopic (exact) mass is 426 g/mol. The van der Waals surface area contributed by atoms with Crippen molar-refractivity contribution in [2.75, 3.05) is 18.0 Å². The number of aromatic amines is 1. The third-order valence-corrected chi connectivity index (χ3v) is 5.35. The summed E-state index contributed by atoms with van der Waals surface area (Å²) in [6.45, 7) is 1.02. The highest BCUT2D eigenvalue weighted by molar-refractivity contribution is 6.31. The maximum Gasteiger partial charge on any atom is 0.453 e. The average molecular weight is 427 g/mol. The molecule has 1 saturated heterocycles. The van der Waals surface area contributed by atoms with E-state index in [1.807, 2.05) is 10.00 Å². The van der Waals surface area contributed by atoms with Crippen molar-refractivity contribution >= 4 is 22.9 Å². The highest BCUT2D eigenvalue weighted by Crippen LogP contribution is 2.33. The third kappa shape index (κ3) is 3.69. The molecule has 0 radical (unpaired) electrons. The number of anilines is 1. The number of rotatable bonds is 3. The van der Waals surface area contributed by atoms with Crippen molar-refractivity contribution in [3.8, 4) is 0 Å². The smallest absolute Gasteiger partial charge is 0.353 e. The summed E-state index contributed by atoms with van der Waals surface area (Å²) >= 11 is 6.26. The molecule has 0 unspecified atom stereocenters. The van der Waals surface area contributed by atoms with E-state index in [1.165, 1.54) is 0 Å². The minimum Gasteiger partial charge on any atom is -0.353 e. The maximum atomic E-state index is 13.5. The van der Waals surface area contributed by atoms with Gasteiger partial charge in [-0.15, -0.1) is 10.2 Å². The van der Waals surface area contributed by atoms with Crippen molar-refractivity contribution in [1.29, 1.82) is 0 Å². The second-order valence-electron chi connectivity index (χ2n) is 7.05. The number of piperidine rings is 1. The zero-order valence-corrected chi connectivity index (χ0v) is 16.0. The summed E-state index contributed by atoms with van der Waals surface area (Å²) in [5.74, 6) is -0.996. The summed E-state index contributed by atoms with van der Waals surface area (Å²) in [4.78, 5) is 14.3. The van der Waals surface area contributed by atoms with Crippen LogP contribution in [0.5, 0.6) is 0 Å². The summed E-state index contributed by atoms with van der Waals surface area (Å²) < 4.78 is 41.0. The van der Waals surface area contributed by atoms with E-state index in [0.717, 1.165) is 12.8 Å². The van der Waals surface area contributed by atoms with Crippen LogP contribution in [0.1, 0.15) is 29.8 Å². The lowest BCUT2D eigenvalue weighted by atomic mass is 10.0. The number of fused-ring (bicyclic) bond motifs is 1. The van der Waals surface area contributed by atoms with E-state index in [9.17, 15) is 18.0 Å². The molecule has 1 atom stereocenters. The van der Waals surface area contributed by atoms with Gasteiger partial charge >= 0.3 is 6.18 Å². The lowest BCUT2D eigenvalue weighted by molar-refractivity contribution is -0.147. The van der Waals surface area contributed by atoms with Crippen LogP contribution in [0.3, 0.4) is 0 Å². The lowest BCUT2D eigenvalue weighted by Gasteiger charge is -2.31. The number of alkyl halides is 3. The Labute approximate surface area is 168 Å².